The SMILES string of the molecule is Cc1ccc(OCC(C)NCc2ncc(Br)cc2Br)cc1. The first kappa shape index (κ1) is 16.5. The fourth-order valence-electron chi connectivity index (χ4n) is 1.76. The van der Waals surface area contributed by atoms with Gasteiger partial charge >= 0.3 is 0 Å². The average molecular weight is 414 g/mol. The Morgan fingerprint density at radius 3 is 2.62 bits per heavy atom. The van der Waals surface area contributed by atoms with Crippen LogP contribution in [0, 0.1) is 6.92 Å². The molecule has 3 nitrogen and oxygen atoms in total. The summed E-state index contributed by atoms with van der Waals surface area (Å²) in [4.78, 5) is 4.38. The van der Waals surface area contributed by atoms with Crippen molar-refractivity contribution in [2.24, 2.45) is 0 Å². The topological polar surface area (TPSA) is 34.1 Å². The maximum atomic E-state index is 5.76. The third-order valence-corrected chi connectivity index (χ3v) is 4.14. The van der Waals surface area contributed by atoms with E-state index in [2.05, 4.69) is 68.1 Å². The Bertz CT molecular complexity index is 587. The average Bonchev–Trinajstić information content (AvgIpc) is 2.46. The summed E-state index contributed by atoms with van der Waals surface area (Å²) < 4.78 is 7.72. The van der Waals surface area contributed by atoms with Crippen LogP contribution in [-0.2, 0) is 6.54 Å². The van der Waals surface area contributed by atoms with Gasteiger partial charge in [0.2, 0.25) is 0 Å². The predicted octanol–water partition coefficient (Wildman–Crippen LogP) is 4.47. The third kappa shape index (κ3) is 5.41. The van der Waals surface area contributed by atoms with E-state index in [0.717, 1.165) is 20.4 Å². The number of ether oxygens (including phenoxy) is 1. The standard InChI is InChI=1S/C16H18Br2N2O/c1-11-3-5-14(6-4-11)21-10-12(2)19-9-16-15(18)7-13(17)8-20-16/h3-8,12,19H,9-10H2,1-2H3. The highest BCUT2D eigenvalue weighted by atomic mass is 79.9. The number of pyridine rings is 1. The minimum absolute atomic E-state index is 0.239. The van der Waals surface area contributed by atoms with Gasteiger partial charge in [0, 0.05) is 27.7 Å². The van der Waals surface area contributed by atoms with Gasteiger partial charge in [-0.2, -0.15) is 0 Å². The zero-order chi connectivity index (χ0) is 15.2. The fraction of sp³-hybridized carbons (Fsp3) is 0.312. The van der Waals surface area contributed by atoms with Crippen LogP contribution in [0.2, 0.25) is 0 Å². The first-order valence-corrected chi connectivity index (χ1v) is 8.36. The second-order valence-corrected chi connectivity index (χ2v) is 6.76. The Kier molecular flexibility index (Phi) is 6.21. The van der Waals surface area contributed by atoms with E-state index >= 15 is 0 Å². The summed E-state index contributed by atoms with van der Waals surface area (Å²) >= 11 is 6.92. The van der Waals surface area contributed by atoms with E-state index in [1.807, 2.05) is 18.2 Å². The molecular weight excluding hydrogens is 396 g/mol. The molecule has 0 radical (unpaired) electrons. The molecule has 0 amide bonds. The Morgan fingerprint density at radius 2 is 1.95 bits per heavy atom. The molecule has 0 aliphatic carbocycles. The van der Waals surface area contributed by atoms with Crippen molar-refractivity contribution in [2.75, 3.05) is 6.61 Å². The van der Waals surface area contributed by atoms with Gasteiger partial charge in [-0.15, -0.1) is 0 Å². The summed E-state index contributed by atoms with van der Waals surface area (Å²) in [6.07, 6.45) is 1.80. The molecule has 21 heavy (non-hydrogen) atoms. The zero-order valence-corrected chi connectivity index (χ0v) is 15.2. The number of nitrogens with zero attached hydrogens (tertiary/aromatic N) is 1. The van der Waals surface area contributed by atoms with E-state index in [-0.39, 0.29) is 6.04 Å². The molecule has 1 atom stereocenters. The number of halogens is 2. The number of nitrogens with one attached hydrogen (secondary N) is 1. The molecule has 0 aliphatic rings. The monoisotopic (exact) mass is 412 g/mol. The molecule has 112 valence electrons. The van der Waals surface area contributed by atoms with Crippen LogP contribution < -0.4 is 10.1 Å². The molecule has 0 fully saturated rings. The van der Waals surface area contributed by atoms with Crippen LogP contribution in [0.15, 0.2) is 45.5 Å². The smallest absolute Gasteiger partial charge is 0.119 e. The highest BCUT2D eigenvalue weighted by Gasteiger charge is 2.06. The number of aromatic nitrogens is 1. The van der Waals surface area contributed by atoms with E-state index in [1.165, 1.54) is 5.56 Å². The summed E-state index contributed by atoms with van der Waals surface area (Å²) in [6, 6.07) is 10.3. The van der Waals surface area contributed by atoms with Crippen LogP contribution in [0.25, 0.3) is 0 Å². The normalized spacial score (nSPS) is 12.2. The first-order valence-electron chi connectivity index (χ1n) is 6.77. The van der Waals surface area contributed by atoms with Gasteiger partial charge < -0.3 is 10.1 Å². The molecule has 1 aromatic heterocycles. The Hall–Kier alpha value is -0.910. The maximum absolute atomic E-state index is 5.76. The Balaban J connectivity index is 1.79. The van der Waals surface area contributed by atoms with Crippen molar-refractivity contribution >= 4 is 31.9 Å². The second-order valence-electron chi connectivity index (χ2n) is 4.99. The van der Waals surface area contributed by atoms with E-state index < -0.39 is 0 Å². The van der Waals surface area contributed by atoms with Gasteiger partial charge in [-0.05, 0) is 63.9 Å². The molecule has 1 N–H and O–H groups in total. The molecule has 2 aromatic rings. The Labute approximate surface area is 142 Å². The lowest BCUT2D eigenvalue weighted by atomic mass is 10.2. The molecule has 0 saturated heterocycles. The molecule has 2 rings (SSSR count). The lowest BCUT2D eigenvalue weighted by Gasteiger charge is -2.15. The van der Waals surface area contributed by atoms with Crippen LogP contribution in [0.4, 0.5) is 0 Å². The molecule has 0 bridgehead atoms. The van der Waals surface area contributed by atoms with Gasteiger partial charge in [-0.1, -0.05) is 17.7 Å². The van der Waals surface area contributed by atoms with Gasteiger partial charge in [0.05, 0.1) is 5.69 Å². The lowest BCUT2D eigenvalue weighted by Crippen LogP contribution is -2.31. The predicted molar refractivity (Wildman–Crippen MR) is 92.6 cm³/mol. The van der Waals surface area contributed by atoms with Crippen LogP contribution in [0.3, 0.4) is 0 Å². The van der Waals surface area contributed by atoms with Crippen molar-refractivity contribution in [3.63, 3.8) is 0 Å². The molecule has 1 aromatic carbocycles. The van der Waals surface area contributed by atoms with Gasteiger partial charge in [-0.3, -0.25) is 4.98 Å². The molecule has 1 unspecified atom stereocenters. The number of hydrogen-bond acceptors (Lipinski definition) is 3. The van der Waals surface area contributed by atoms with E-state index in [1.54, 1.807) is 6.20 Å². The van der Waals surface area contributed by atoms with Crippen LogP contribution in [0.1, 0.15) is 18.2 Å². The second kappa shape index (κ2) is 7.92. The Morgan fingerprint density at radius 1 is 1.24 bits per heavy atom. The highest BCUT2D eigenvalue weighted by Crippen LogP contribution is 2.19. The number of hydrogen-bond donors (Lipinski definition) is 1. The molecule has 0 aliphatic heterocycles. The minimum atomic E-state index is 0.239. The van der Waals surface area contributed by atoms with Gasteiger partial charge in [0.1, 0.15) is 12.4 Å². The van der Waals surface area contributed by atoms with Crippen molar-refractivity contribution in [3.05, 3.63) is 56.7 Å². The molecule has 1 heterocycles. The van der Waals surface area contributed by atoms with Crippen LogP contribution in [0.5, 0.6) is 5.75 Å². The number of benzene rings is 1. The van der Waals surface area contributed by atoms with Crippen molar-refractivity contribution in [1.29, 1.82) is 0 Å². The third-order valence-electron chi connectivity index (χ3n) is 3.02. The zero-order valence-electron chi connectivity index (χ0n) is 12.1. The van der Waals surface area contributed by atoms with E-state index in [9.17, 15) is 0 Å². The number of rotatable bonds is 6. The maximum Gasteiger partial charge on any atom is 0.119 e. The highest BCUT2D eigenvalue weighted by molar-refractivity contribution is 9.11. The quantitative estimate of drug-likeness (QED) is 0.758. The lowest BCUT2D eigenvalue weighted by molar-refractivity contribution is 0.272. The van der Waals surface area contributed by atoms with Crippen molar-refractivity contribution < 1.29 is 4.74 Å². The number of aryl methyl sites for hydroxylation is 1. The minimum Gasteiger partial charge on any atom is -0.492 e. The van der Waals surface area contributed by atoms with Crippen molar-refractivity contribution in [3.8, 4) is 5.75 Å². The molecule has 0 saturated carbocycles. The van der Waals surface area contributed by atoms with Crippen LogP contribution >= 0.6 is 31.9 Å². The van der Waals surface area contributed by atoms with E-state index in [4.69, 9.17) is 4.74 Å². The van der Waals surface area contributed by atoms with Crippen molar-refractivity contribution in [2.45, 2.75) is 26.4 Å². The van der Waals surface area contributed by atoms with Crippen LogP contribution in [-0.4, -0.2) is 17.6 Å². The summed E-state index contributed by atoms with van der Waals surface area (Å²) in [5.41, 5.74) is 2.22. The summed E-state index contributed by atoms with van der Waals surface area (Å²) in [7, 11) is 0. The van der Waals surface area contributed by atoms with E-state index in [0.29, 0.717) is 13.2 Å². The van der Waals surface area contributed by atoms with Gasteiger partial charge in [-0.25, -0.2) is 0 Å². The molecular formula is C16H18Br2N2O. The summed E-state index contributed by atoms with van der Waals surface area (Å²) in [6.45, 7) is 5.49. The first-order chi connectivity index (χ1) is 10.0. The summed E-state index contributed by atoms with van der Waals surface area (Å²) in [5, 5.41) is 3.41. The summed E-state index contributed by atoms with van der Waals surface area (Å²) in [5.74, 6) is 0.900. The fourth-order valence-corrected chi connectivity index (χ4v) is 2.89. The van der Waals surface area contributed by atoms with Gasteiger partial charge in [0.15, 0.2) is 0 Å². The molecule has 0 spiro atoms. The van der Waals surface area contributed by atoms with Crippen molar-refractivity contribution in [1.82, 2.24) is 10.3 Å². The molecule has 5 heteroatoms. The van der Waals surface area contributed by atoms with Gasteiger partial charge in [0.25, 0.3) is 0 Å². The largest absolute Gasteiger partial charge is 0.492 e.